The molecule has 108 valence electrons. The zero-order valence-electron chi connectivity index (χ0n) is 11.9. The Morgan fingerprint density at radius 1 is 1.50 bits per heavy atom. The molecule has 0 radical (unpaired) electrons. The number of anilines is 1. The number of carbonyl (C=O) groups excluding carboxylic acids is 1. The lowest BCUT2D eigenvalue weighted by Gasteiger charge is -2.08. The Labute approximate surface area is 117 Å². The Morgan fingerprint density at radius 2 is 2.25 bits per heavy atom. The number of rotatable bonds is 5. The highest BCUT2D eigenvalue weighted by Crippen LogP contribution is 2.13. The van der Waals surface area contributed by atoms with Crippen molar-refractivity contribution in [3.63, 3.8) is 0 Å². The van der Waals surface area contributed by atoms with E-state index in [2.05, 4.69) is 28.8 Å². The van der Waals surface area contributed by atoms with Gasteiger partial charge in [0.25, 0.3) is 0 Å². The average molecular weight is 277 g/mol. The maximum Gasteiger partial charge on any atom is 0.360 e. The fraction of sp³-hybridized carbons (Fsp3) is 0.462. The summed E-state index contributed by atoms with van der Waals surface area (Å²) in [6, 6.07) is 2.29. The van der Waals surface area contributed by atoms with Crippen LogP contribution < -0.4 is 5.73 Å². The molecule has 0 aliphatic carbocycles. The number of nitrogen functional groups attached to an aromatic ring is 1. The molecule has 0 bridgehead atoms. The van der Waals surface area contributed by atoms with Crippen LogP contribution in [0.3, 0.4) is 0 Å². The molecule has 2 aromatic heterocycles. The van der Waals surface area contributed by atoms with E-state index >= 15 is 0 Å². The highest BCUT2D eigenvalue weighted by atomic mass is 16.5. The molecular weight excluding hydrogens is 258 g/mol. The van der Waals surface area contributed by atoms with Gasteiger partial charge < -0.3 is 10.5 Å². The topological polar surface area (TPSA) is 88.0 Å². The number of hydrogen-bond donors (Lipinski definition) is 1. The maximum atomic E-state index is 11.4. The van der Waals surface area contributed by atoms with Gasteiger partial charge in [-0.1, -0.05) is 6.92 Å². The molecule has 0 aromatic carbocycles. The second kappa shape index (κ2) is 5.77. The van der Waals surface area contributed by atoms with Gasteiger partial charge in [0, 0.05) is 18.4 Å². The van der Waals surface area contributed by atoms with E-state index in [0.29, 0.717) is 18.3 Å². The van der Waals surface area contributed by atoms with Crippen molar-refractivity contribution in [3.8, 4) is 0 Å². The first-order valence-corrected chi connectivity index (χ1v) is 6.50. The second-order valence-electron chi connectivity index (χ2n) is 4.67. The van der Waals surface area contributed by atoms with Crippen molar-refractivity contribution in [2.75, 3.05) is 12.8 Å². The molecule has 1 unspecified atom stereocenters. The van der Waals surface area contributed by atoms with Crippen LogP contribution in [-0.4, -0.2) is 32.6 Å². The Bertz CT molecular complexity index is 602. The van der Waals surface area contributed by atoms with E-state index in [1.165, 1.54) is 7.11 Å². The van der Waals surface area contributed by atoms with Gasteiger partial charge in [0.2, 0.25) is 0 Å². The fourth-order valence-corrected chi connectivity index (χ4v) is 1.83. The molecule has 0 aliphatic heterocycles. The molecule has 2 heterocycles. The molecule has 7 heteroatoms. The van der Waals surface area contributed by atoms with Crippen molar-refractivity contribution in [2.24, 2.45) is 0 Å². The van der Waals surface area contributed by atoms with Crippen molar-refractivity contribution >= 4 is 11.7 Å². The second-order valence-corrected chi connectivity index (χ2v) is 4.67. The largest absolute Gasteiger partial charge is 0.464 e. The summed E-state index contributed by atoms with van der Waals surface area (Å²) in [5, 5.41) is 8.60. The quantitative estimate of drug-likeness (QED) is 0.836. The number of methoxy groups -OCH3 is 1. The predicted molar refractivity (Wildman–Crippen MR) is 74.3 cm³/mol. The first-order chi connectivity index (χ1) is 9.55. The van der Waals surface area contributed by atoms with Crippen LogP contribution in [0.2, 0.25) is 0 Å². The zero-order valence-corrected chi connectivity index (χ0v) is 11.9. The van der Waals surface area contributed by atoms with Crippen LogP contribution >= 0.6 is 0 Å². The van der Waals surface area contributed by atoms with E-state index in [9.17, 15) is 4.79 Å². The highest BCUT2D eigenvalue weighted by molar-refractivity contribution is 5.92. The van der Waals surface area contributed by atoms with Crippen LogP contribution in [0.15, 0.2) is 18.5 Å². The molecule has 0 saturated carbocycles. The van der Waals surface area contributed by atoms with Crippen LogP contribution in [0.1, 0.15) is 42.5 Å². The number of aromatic nitrogens is 4. The normalized spacial score (nSPS) is 12.3. The van der Waals surface area contributed by atoms with E-state index in [-0.39, 0.29) is 5.69 Å². The number of carbonyl (C=O) groups is 1. The van der Waals surface area contributed by atoms with Crippen LogP contribution in [0.4, 0.5) is 5.69 Å². The van der Waals surface area contributed by atoms with E-state index in [4.69, 9.17) is 5.73 Å². The third-order valence-electron chi connectivity index (χ3n) is 3.20. The van der Waals surface area contributed by atoms with E-state index in [1.807, 2.05) is 16.9 Å². The first-order valence-electron chi connectivity index (χ1n) is 6.50. The van der Waals surface area contributed by atoms with Gasteiger partial charge in [-0.2, -0.15) is 10.2 Å². The van der Waals surface area contributed by atoms with E-state index in [1.54, 1.807) is 10.9 Å². The summed E-state index contributed by atoms with van der Waals surface area (Å²) in [5.74, 6) is -0.536. The molecule has 2 aromatic rings. The molecule has 0 spiro atoms. The zero-order chi connectivity index (χ0) is 14.7. The van der Waals surface area contributed by atoms with Crippen molar-refractivity contribution in [3.05, 3.63) is 29.8 Å². The summed E-state index contributed by atoms with van der Waals surface area (Å²) in [6.07, 6.45) is 4.56. The molecule has 0 fully saturated rings. The van der Waals surface area contributed by atoms with E-state index in [0.717, 1.165) is 12.1 Å². The molecule has 2 rings (SSSR count). The SMILES string of the molecule is CCC(C)n1ccc(Cn2cc(N)c(C(=O)OC)n2)n1. The van der Waals surface area contributed by atoms with E-state index < -0.39 is 5.97 Å². The van der Waals surface area contributed by atoms with Crippen molar-refractivity contribution in [2.45, 2.75) is 32.9 Å². The lowest BCUT2D eigenvalue weighted by molar-refractivity contribution is 0.0594. The number of esters is 1. The molecular formula is C13H19N5O2. The summed E-state index contributed by atoms with van der Waals surface area (Å²) in [6.45, 7) is 4.69. The van der Waals surface area contributed by atoms with Gasteiger partial charge >= 0.3 is 5.97 Å². The molecule has 0 amide bonds. The summed E-state index contributed by atoms with van der Waals surface area (Å²) < 4.78 is 8.12. The summed E-state index contributed by atoms with van der Waals surface area (Å²) in [4.78, 5) is 11.4. The summed E-state index contributed by atoms with van der Waals surface area (Å²) in [7, 11) is 1.30. The van der Waals surface area contributed by atoms with Gasteiger partial charge in [0.05, 0.1) is 25.0 Å². The Hall–Kier alpha value is -2.31. The Kier molecular flexibility index (Phi) is 4.07. The van der Waals surface area contributed by atoms with Crippen molar-refractivity contribution in [1.29, 1.82) is 0 Å². The number of ether oxygens (including phenoxy) is 1. The molecule has 0 saturated heterocycles. The van der Waals surface area contributed by atoms with Gasteiger partial charge in [-0.05, 0) is 19.4 Å². The minimum Gasteiger partial charge on any atom is -0.464 e. The summed E-state index contributed by atoms with van der Waals surface area (Å²) >= 11 is 0. The van der Waals surface area contributed by atoms with Gasteiger partial charge in [-0.3, -0.25) is 9.36 Å². The Balaban J connectivity index is 2.14. The highest BCUT2D eigenvalue weighted by Gasteiger charge is 2.15. The first kappa shape index (κ1) is 14.1. The van der Waals surface area contributed by atoms with Crippen LogP contribution in [0, 0.1) is 0 Å². The molecule has 0 aliphatic rings. The van der Waals surface area contributed by atoms with Gasteiger partial charge in [-0.15, -0.1) is 0 Å². The molecule has 7 nitrogen and oxygen atoms in total. The minimum atomic E-state index is -0.536. The fourth-order valence-electron chi connectivity index (χ4n) is 1.83. The van der Waals surface area contributed by atoms with Crippen molar-refractivity contribution < 1.29 is 9.53 Å². The smallest absolute Gasteiger partial charge is 0.360 e. The van der Waals surface area contributed by atoms with Crippen LogP contribution in [0.5, 0.6) is 0 Å². The number of nitrogens with two attached hydrogens (primary N) is 1. The molecule has 20 heavy (non-hydrogen) atoms. The van der Waals surface area contributed by atoms with Crippen LogP contribution in [0.25, 0.3) is 0 Å². The average Bonchev–Trinajstić information content (AvgIpc) is 3.04. The third kappa shape index (κ3) is 2.81. The third-order valence-corrected chi connectivity index (χ3v) is 3.20. The molecule has 1 atom stereocenters. The van der Waals surface area contributed by atoms with Crippen LogP contribution in [-0.2, 0) is 11.3 Å². The lowest BCUT2D eigenvalue weighted by Crippen LogP contribution is -2.08. The lowest BCUT2D eigenvalue weighted by atomic mass is 10.3. The Morgan fingerprint density at radius 3 is 2.90 bits per heavy atom. The predicted octanol–water partition coefficient (Wildman–Crippen LogP) is 1.47. The van der Waals surface area contributed by atoms with Gasteiger partial charge in [0.15, 0.2) is 5.69 Å². The summed E-state index contributed by atoms with van der Waals surface area (Å²) in [5.41, 5.74) is 7.04. The monoisotopic (exact) mass is 277 g/mol. The van der Waals surface area contributed by atoms with Gasteiger partial charge in [0.1, 0.15) is 0 Å². The number of hydrogen-bond acceptors (Lipinski definition) is 5. The maximum absolute atomic E-state index is 11.4. The minimum absolute atomic E-state index is 0.133. The van der Waals surface area contributed by atoms with Crippen molar-refractivity contribution in [1.82, 2.24) is 19.6 Å². The van der Waals surface area contributed by atoms with Gasteiger partial charge in [-0.25, -0.2) is 4.79 Å². The molecule has 2 N–H and O–H groups in total. The number of nitrogens with zero attached hydrogens (tertiary/aromatic N) is 4. The standard InChI is InChI=1S/C13H19N5O2/c1-4-9(2)18-6-5-10(15-18)7-17-8-11(14)12(16-17)13(19)20-3/h5-6,8-9H,4,7,14H2,1-3H3.